The van der Waals surface area contributed by atoms with Gasteiger partial charge in [0.1, 0.15) is 0 Å². The van der Waals surface area contributed by atoms with Crippen LogP contribution in [0.3, 0.4) is 0 Å². The van der Waals surface area contributed by atoms with Gasteiger partial charge in [0.05, 0.1) is 0 Å². The largest absolute Gasteiger partial charge is 0.355 e. The highest BCUT2D eigenvalue weighted by atomic mass is 16.2. The molecule has 21 heavy (non-hydrogen) atoms. The van der Waals surface area contributed by atoms with E-state index in [1.807, 2.05) is 20.8 Å². The van der Waals surface area contributed by atoms with Crippen molar-refractivity contribution in [1.29, 1.82) is 0 Å². The average Bonchev–Trinajstić information content (AvgIpc) is 2.45. The molecule has 0 bridgehead atoms. The number of carbonyl (C=O) groups is 1. The van der Waals surface area contributed by atoms with Crippen LogP contribution in [0.5, 0.6) is 0 Å². The number of hydrogen-bond donors (Lipinski definition) is 2. The molecule has 0 radical (unpaired) electrons. The zero-order valence-electron chi connectivity index (χ0n) is 14.1. The molecule has 1 amide bonds. The molecule has 4 heteroatoms. The molecule has 2 aliphatic rings. The Hall–Kier alpha value is -0.610. The second-order valence-electron chi connectivity index (χ2n) is 7.92. The van der Waals surface area contributed by atoms with E-state index in [9.17, 15) is 4.79 Å². The lowest BCUT2D eigenvalue weighted by Gasteiger charge is -2.36. The van der Waals surface area contributed by atoms with E-state index >= 15 is 0 Å². The van der Waals surface area contributed by atoms with Crippen molar-refractivity contribution in [1.82, 2.24) is 15.5 Å². The Morgan fingerprint density at radius 2 is 1.90 bits per heavy atom. The maximum Gasteiger partial charge on any atom is 0.225 e. The first-order valence-corrected chi connectivity index (χ1v) is 8.66. The van der Waals surface area contributed by atoms with Crippen molar-refractivity contribution in [2.45, 2.75) is 46.5 Å². The van der Waals surface area contributed by atoms with Crippen molar-refractivity contribution < 1.29 is 4.79 Å². The minimum absolute atomic E-state index is 0.179. The molecule has 1 unspecified atom stereocenters. The summed E-state index contributed by atoms with van der Waals surface area (Å²) >= 11 is 0. The fourth-order valence-corrected chi connectivity index (χ4v) is 3.42. The number of likely N-dealkylation sites (tertiary alicyclic amines) is 1. The standard InChI is InChI=1S/C17H33N3O/c1-17(2,3)16(21)19-11-15-5-4-10-20(13-15)12-14-6-8-18-9-7-14/h14-15,18H,4-13H2,1-3H3,(H,19,21). The highest BCUT2D eigenvalue weighted by Crippen LogP contribution is 2.21. The van der Waals surface area contributed by atoms with E-state index in [0.29, 0.717) is 5.92 Å². The molecule has 0 saturated carbocycles. The number of nitrogens with zero attached hydrogens (tertiary/aromatic N) is 1. The highest BCUT2D eigenvalue weighted by molar-refractivity contribution is 5.81. The fourth-order valence-electron chi connectivity index (χ4n) is 3.42. The summed E-state index contributed by atoms with van der Waals surface area (Å²) in [4.78, 5) is 14.6. The second kappa shape index (κ2) is 7.59. The van der Waals surface area contributed by atoms with Crippen LogP contribution in [-0.2, 0) is 4.79 Å². The second-order valence-corrected chi connectivity index (χ2v) is 7.92. The monoisotopic (exact) mass is 295 g/mol. The lowest BCUT2D eigenvalue weighted by Crippen LogP contribution is -2.45. The van der Waals surface area contributed by atoms with Gasteiger partial charge < -0.3 is 15.5 Å². The van der Waals surface area contributed by atoms with Gasteiger partial charge in [0.2, 0.25) is 5.91 Å². The molecule has 122 valence electrons. The molecule has 0 aromatic rings. The zero-order chi connectivity index (χ0) is 15.3. The van der Waals surface area contributed by atoms with Crippen molar-refractivity contribution in [3.8, 4) is 0 Å². The predicted octanol–water partition coefficient (Wildman–Crippen LogP) is 1.86. The zero-order valence-corrected chi connectivity index (χ0v) is 14.1. The Balaban J connectivity index is 1.71. The summed E-state index contributed by atoms with van der Waals surface area (Å²) in [6.45, 7) is 12.8. The summed E-state index contributed by atoms with van der Waals surface area (Å²) in [6, 6.07) is 0. The van der Waals surface area contributed by atoms with E-state index in [4.69, 9.17) is 0 Å². The first-order chi connectivity index (χ1) is 9.95. The SMILES string of the molecule is CC(C)(C)C(=O)NCC1CCCN(CC2CCNCC2)C1. The Bertz CT molecular complexity index is 331. The van der Waals surface area contributed by atoms with E-state index < -0.39 is 0 Å². The summed E-state index contributed by atoms with van der Waals surface area (Å²) in [5.74, 6) is 1.68. The van der Waals surface area contributed by atoms with Gasteiger partial charge in [-0.2, -0.15) is 0 Å². The van der Waals surface area contributed by atoms with E-state index in [1.54, 1.807) is 0 Å². The van der Waals surface area contributed by atoms with Gasteiger partial charge in [0.15, 0.2) is 0 Å². The average molecular weight is 295 g/mol. The van der Waals surface area contributed by atoms with Crippen LogP contribution < -0.4 is 10.6 Å². The fraction of sp³-hybridized carbons (Fsp3) is 0.941. The van der Waals surface area contributed by atoms with Gasteiger partial charge in [0.25, 0.3) is 0 Å². The smallest absolute Gasteiger partial charge is 0.225 e. The number of nitrogens with one attached hydrogen (secondary N) is 2. The van der Waals surface area contributed by atoms with Gasteiger partial charge in [-0.3, -0.25) is 4.79 Å². The molecular weight excluding hydrogens is 262 g/mol. The molecule has 2 fully saturated rings. The number of carbonyl (C=O) groups excluding carboxylic acids is 1. The van der Waals surface area contributed by atoms with Gasteiger partial charge >= 0.3 is 0 Å². The Labute approximate surface area is 130 Å². The van der Waals surface area contributed by atoms with Crippen molar-refractivity contribution in [2.75, 3.05) is 39.3 Å². The van der Waals surface area contributed by atoms with Gasteiger partial charge in [0, 0.05) is 25.0 Å². The Morgan fingerprint density at radius 1 is 1.19 bits per heavy atom. The van der Waals surface area contributed by atoms with Gasteiger partial charge in [-0.1, -0.05) is 20.8 Å². The van der Waals surface area contributed by atoms with Crippen LogP contribution in [0, 0.1) is 17.3 Å². The summed E-state index contributed by atoms with van der Waals surface area (Å²) in [7, 11) is 0. The first kappa shape index (κ1) is 16.8. The molecule has 2 heterocycles. The quantitative estimate of drug-likeness (QED) is 0.832. The molecule has 1 atom stereocenters. The number of amides is 1. The molecule has 2 rings (SSSR count). The maximum absolute atomic E-state index is 12.0. The van der Waals surface area contributed by atoms with Crippen LogP contribution in [0.15, 0.2) is 0 Å². The van der Waals surface area contributed by atoms with Crippen molar-refractivity contribution in [2.24, 2.45) is 17.3 Å². The van der Waals surface area contributed by atoms with E-state index in [-0.39, 0.29) is 11.3 Å². The Kier molecular flexibility index (Phi) is 6.06. The van der Waals surface area contributed by atoms with Crippen LogP contribution in [0.25, 0.3) is 0 Å². The molecular formula is C17H33N3O. The van der Waals surface area contributed by atoms with E-state index in [1.165, 1.54) is 51.9 Å². The topological polar surface area (TPSA) is 44.4 Å². The summed E-state index contributed by atoms with van der Waals surface area (Å²) in [5, 5.41) is 6.58. The van der Waals surface area contributed by atoms with Crippen LogP contribution in [0.4, 0.5) is 0 Å². The number of piperidine rings is 2. The van der Waals surface area contributed by atoms with Gasteiger partial charge in [-0.05, 0) is 57.2 Å². The van der Waals surface area contributed by atoms with Crippen LogP contribution in [0.2, 0.25) is 0 Å². The number of rotatable bonds is 4. The van der Waals surface area contributed by atoms with Crippen molar-refractivity contribution in [3.05, 3.63) is 0 Å². The molecule has 0 aliphatic carbocycles. The molecule has 2 N–H and O–H groups in total. The third-order valence-electron chi connectivity index (χ3n) is 4.81. The highest BCUT2D eigenvalue weighted by Gasteiger charge is 2.25. The minimum Gasteiger partial charge on any atom is -0.355 e. The predicted molar refractivity (Wildman–Crippen MR) is 87.2 cm³/mol. The van der Waals surface area contributed by atoms with Gasteiger partial charge in [-0.15, -0.1) is 0 Å². The summed E-state index contributed by atoms with van der Waals surface area (Å²) in [6.07, 6.45) is 5.18. The van der Waals surface area contributed by atoms with Crippen molar-refractivity contribution in [3.63, 3.8) is 0 Å². The van der Waals surface area contributed by atoms with Crippen LogP contribution in [-0.4, -0.2) is 50.1 Å². The molecule has 2 aliphatic heterocycles. The van der Waals surface area contributed by atoms with Crippen LogP contribution in [0.1, 0.15) is 46.5 Å². The molecule has 2 saturated heterocycles. The molecule has 0 spiro atoms. The summed E-state index contributed by atoms with van der Waals surface area (Å²) < 4.78 is 0. The van der Waals surface area contributed by atoms with Crippen molar-refractivity contribution >= 4 is 5.91 Å². The third-order valence-corrected chi connectivity index (χ3v) is 4.81. The third kappa shape index (κ3) is 5.59. The van der Waals surface area contributed by atoms with E-state index in [2.05, 4.69) is 15.5 Å². The lowest BCUT2D eigenvalue weighted by atomic mass is 9.92. The Morgan fingerprint density at radius 3 is 2.57 bits per heavy atom. The summed E-state index contributed by atoms with van der Waals surface area (Å²) in [5.41, 5.74) is -0.274. The minimum atomic E-state index is -0.274. The van der Waals surface area contributed by atoms with E-state index in [0.717, 1.165) is 19.0 Å². The maximum atomic E-state index is 12.0. The first-order valence-electron chi connectivity index (χ1n) is 8.66. The van der Waals surface area contributed by atoms with Crippen LogP contribution >= 0.6 is 0 Å². The molecule has 4 nitrogen and oxygen atoms in total. The van der Waals surface area contributed by atoms with Gasteiger partial charge in [-0.25, -0.2) is 0 Å². The number of hydrogen-bond acceptors (Lipinski definition) is 3. The normalized spacial score (nSPS) is 25.8. The molecule has 0 aromatic heterocycles. The molecule has 0 aromatic carbocycles. The lowest BCUT2D eigenvalue weighted by molar-refractivity contribution is -0.128.